The molecule has 0 radical (unpaired) electrons. The lowest BCUT2D eigenvalue weighted by molar-refractivity contribution is 0.628. The predicted octanol–water partition coefficient (Wildman–Crippen LogP) is 3.91. The summed E-state index contributed by atoms with van der Waals surface area (Å²) in [4.78, 5) is 11.5. The first-order valence-electron chi connectivity index (χ1n) is 7.90. The molecule has 116 valence electrons. The van der Waals surface area contributed by atoms with Gasteiger partial charge in [0.15, 0.2) is 0 Å². The Hall–Kier alpha value is -2.17. The number of nitrogens with zero attached hydrogens (tertiary/aromatic N) is 3. The van der Waals surface area contributed by atoms with Gasteiger partial charge in [0.2, 0.25) is 5.95 Å². The summed E-state index contributed by atoms with van der Waals surface area (Å²) >= 11 is 0. The monoisotopic (exact) mass is 300 g/mol. The van der Waals surface area contributed by atoms with Gasteiger partial charge in [0.1, 0.15) is 11.6 Å². The second kappa shape index (κ2) is 6.73. The summed E-state index contributed by atoms with van der Waals surface area (Å²) in [5.74, 6) is 1.32. The molecule has 1 aliphatic rings. The number of nitrogens with one attached hydrogen (secondary N) is 1. The molecule has 4 nitrogen and oxygen atoms in total. The van der Waals surface area contributed by atoms with Crippen molar-refractivity contribution in [2.75, 3.05) is 23.3 Å². The summed E-state index contributed by atoms with van der Waals surface area (Å²) in [5, 5.41) is 3.18. The summed E-state index contributed by atoms with van der Waals surface area (Å²) in [6.45, 7) is 4.25. The first-order valence-corrected chi connectivity index (χ1v) is 7.90. The number of anilines is 3. The molecule has 22 heavy (non-hydrogen) atoms. The van der Waals surface area contributed by atoms with Gasteiger partial charge in [0.25, 0.3) is 0 Å². The van der Waals surface area contributed by atoms with E-state index in [4.69, 9.17) is 0 Å². The molecule has 3 rings (SSSR count). The smallest absolute Gasteiger partial charge is 0.229 e. The van der Waals surface area contributed by atoms with Crippen molar-refractivity contribution in [1.82, 2.24) is 9.97 Å². The topological polar surface area (TPSA) is 41.1 Å². The zero-order valence-corrected chi connectivity index (χ0v) is 12.8. The largest absolute Gasteiger partial charge is 0.356 e. The van der Waals surface area contributed by atoms with E-state index < -0.39 is 0 Å². The first kappa shape index (κ1) is 14.8. The van der Waals surface area contributed by atoms with E-state index in [9.17, 15) is 4.39 Å². The Morgan fingerprint density at radius 3 is 2.55 bits per heavy atom. The molecule has 0 atom stereocenters. The first-order chi connectivity index (χ1) is 10.7. The van der Waals surface area contributed by atoms with Gasteiger partial charge in [-0.25, -0.2) is 9.37 Å². The Bertz CT molecular complexity index is 621. The Labute approximate surface area is 130 Å². The molecule has 0 amide bonds. The van der Waals surface area contributed by atoms with Crippen LogP contribution in [0.3, 0.4) is 0 Å². The molecule has 0 aliphatic carbocycles. The average Bonchev–Trinajstić information content (AvgIpc) is 3.04. The Morgan fingerprint density at radius 1 is 1.14 bits per heavy atom. The predicted molar refractivity (Wildman–Crippen MR) is 87.2 cm³/mol. The van der Waals surface area contributed by atoms with Crippen LogP contribution in [0.15, 0.2) is 30.3 Å². The summed E-state index contributed by atoms with van der Waals surface area (Å²) < 4.78 is 13.0. The van der Waals surface area contributed by atoms with Gasteiger partial charge >= 0.3 is 0 Å². The Morgan fingerprint density at radius 2 is 1.86 bits per heavy atom. The van der Waals surface area contributed by atoms with Crippen LogP contribution in [-0.4, -0.2) is 23.1 Å². The van der Waals surface area contributed by atoms with Crippen LogP contribution in [-0.2, 0) is 6.42 Å². The zero-order chi connectivity index (χ0) is 15.4. The molecule has 0 spiro atoms. The SMILES string of the molecule is CCCc1cc(N2CCCC2)nc(Nc2ccc(F)cc2)n1. The molecular formula is C17H21FN4. The van der Waals surface area contributed by atoms with Gasteiger partial charge < -0.3 is 10.2 Å². The minimum Gasteiger partial charge on any atom is -0.356 e. The maximum absolute atomic E-state index is 13.0. The third-order valence-electron chi connectivity index (χ3n) is 3.80. The molecule has 1 aliphatic heterocycles. The van der Waals surface area contributed by atoms with Crippen LogP contribution in [0.4, 0.5) is 21.8 Å². The lowest BCUT2D eigenvalue weighted by Crippen LogP contribution is -2.20. The van der Waals surface area contributed by atoms with Gasteiger partial charge in [0.05, 0.1) is 0 Å². The number of aryl methyl sites for hydroxylation is 1. The summed E-state index contributed by atoms with van der Waals surface area (Å²) in [6.07, 6.45) is 4.41. The van der Waals surface area contributed by atoms with E-state index in [0.29, 0.717) is 5.95 Å². The molecule has 0 unspecified atom stereocenters. The molecule has 1 aromatic heterocycles. The summed E-state index contributed by atoms with van der Waals surface area (Å²) in [7, 11) is 0. The third-order valence-corrected chi connectivity index (χ3v) is 3.80. The molecule has 0 bridgehead atoms. The van der Waals surface area contributed by atoms with Crippen LogP contribution in [0.25, 0.3) is 0 Å². The standard InChI is InChI=1S/C17H21FN4/c1-2-5-15-12-16(22-10-3-4-11-22)21-17(20-15)19-14-8-6-13(18)7-9-14/h6-9,12H,2-5,10-11H2,1H3,(H,19,20,21). The van der Waals surface area contributed by atoms with E-state index >= 15 is 0 Å². The fourth-order valence-corrected chi connectivity index (χ4v) is 2.69. The van der Waals surface area contributed by atoms with E-state index in [1.165, 1.54) is 25.0 Å². The second-order valence-corrected chi connectivity index (χ2v) is 5.62. The van der Waals surface area contributed by atoms with E-state index in [1.54, 1.807) is 12.1 Å². The van der Waals surface area contributed by atoms with E-state index in [1.807, 2.05) is 0 Å². The normalized spacial score (nSPS) is 14.4. The summed E-state index contributed by atoms with van der Waals surface area (Å²) in [6, 6.07) is 8.34. The molecule has 5 heteroatoms. The molecule has 0 saturated carbocycles. The van der Waals surface area contributed by atoms with Gasteiger partial charge in [-0.2, -0.15) is 4.98 Å². The van der Waals surface area contributed by atoms with Crippen molar-refractivity contribution in [3.05, 3.63) is 41.8 Å². The van der Waals surface area contributed by atoms with Crippen LogP contribution in [0.5, 0.6) is 0 Å². The minimum atomic E-state index is -0.246. The van der Waals surface area contributed by atoms with Crippen molar-refractivity contribution in [2.24, 2.45) is 0 Å². The van der Waals surface area contributed by atoms with Crippen molar-refractivity contribution in [3.63, 3.8) is 0 Å². The number of halogens is 1. The van der Waals surface area contributed by atoms with Crippen molar-refractivity contribution in [2.45, 2.75) is 32.6 Å². The number of benzene rings is 1. The van der Waals surface area contributed by atoms with Crippen molar-refractivity contribution in [1.29, 1.82) is 0 Å². The van der Waals surface area contributed by atoms with Crippen LogP contribution in [0.2, 0.25) is 0 Å². The third kappa shape index (κ3) is 3.53. The van der Waals surface area contributed by atoms with Gasteiger partial charge in [-0.3, -0.25) is 0 Å². The number of rotatable bonds is 5. The fourth-order valence-electron chi connectivity index (χ4n) is 2.69. The lowest BCUT2D eigenvalue weighted by atomic mass is 10.2. The minimum absolute atomic E-state index is 0.246. The van der Waals surface area contributed by atoms with Crippen molar-refractivity contribution < 1.29 is 4.39 Å². The van der Waals surface area contributed by atoms with E-state index in [-0.39, 0.29) is 5.82 Å². The van der Waals surface area contributed by atoms with Gasteiger partial charge in [-0.1, -0.05) is 13.3 Å². The zero-order valence-electron chi connectivity index (χ0n) is 12.8. The van der Waals surface area contributed by atoms with E-state index in [2.05, 4.69) is 33.2 Å². The van der Waals surface area contributed by atoms with E-state index in [0.717, 1.165) is 43.1 Å². The molecule has 1 aromatic carbocycles. The highest BCUT2D eigenvalue weighted by atomic mass is 19.1. The van der Waals surface area contributed by atoms with Crippen LogP contribution >= 0.6 is 0 Å². The highest BCUT2D eigenvalue weighted by Crippen LogP contribution is 2.22. The molecular weight excluding hydrogens is 279 g/mol. The molecule has 1 N–H and O–H groups in total. The molecule has 2 heterocycles. The number of hydrogen-bond acceptors (Lipinski definition) is 4. The van der Waals surface area contributed by atoms with Crippen LogP contribution < -0.4 is 10.2 Å². The molecule has 1 fully saturated rings. The molecule has 1 saturated heterocycles. The maximum Gasteiger partial charge on any atom is 0.229 e. The van der Waals surface area contributed by atoms with Crippen molar-refractivity contribution >= 4 is 17.5 Å². The lowest BCUT2D eigenvalue weighted by Gasteiger charge is -2.18. The molecule has 2 aromatic rings. The average molecular weight is 300 g/mol. The van der Waals surface area contributed by atoms with Crippen molar-refractivity contribution in [3.8, 4) is 0 Å². The van der Waals surface area contributed by atoms with Gasteiger partial charge in [-0.05, 0) is 43.5 Å². The van der Waals surface area contributed by atoms with Gasteiger partial charge in [0, 0.05) is 30.5 Å². The number of aromatic nitrogens is 2. The Kier molecular flexibility index (Phi) is 4.51. The maximum atomic E-state index is 13.0. The highest BCUT2D eigenvalue weighted by Gasteiger charge is 2.15. The fraction of sp³-hybridized carbons (Fsp3) is 0.412. The second-order valence-electron chi connectivity index (χ2n) is 5.62. The quantitative estimate of drug-likeness (QED) is 0.909. The summed E-state index contributed by atoms with van der Waals surface area (Å²) in [5.41, 5.74) is 1.84. The highest BCUT2D eigenvalue weighted by molar-refractivity contribution is 5.55. The van der Waals surface area contributed by atoms with Crippen LogP contribution in [0.1, 0.15) is 31.9 Å². The van der Waals surface area contributed by atoms with Gasteiger partial charge in [-0.15, -0.1) is 0 Å². The van der Waals surface area contributed by atoms with Crippen LogP contribution in [0, 0.1) is 5.82 Å². The Balaban J connectivity index is 1.86. The number of hydrogen-bond donors (Lipinski definition) is 1.